The second kappa shape index (κ2) is 5.21. The van der Waals surface area contributed by atoms with Gasteiger partial charge in [-0.2, -0.15) is 0 Å². The highest BCUT2D eigenvalue weighted by Crippen LogP contribution is 2.22. The van der Waals surface area contributed by atoms with Crippen molar-refractivity contribution in [3.8, 4) is 17.0 Å². The molecule has 2 heterocycles. The van der Waals surface area contributed by atoms with E-state index in [1.54, 1.807) is 12.1 Å². The average Bonchev–Trinajstić information content (AvgIpc) is 2.89. The van der Waals surface area contributed by atoms with Crippen LogP contribution >= 0.6 is 0 Å². The van der Waals surface area contributed by atoms with Crippen LogP contribution in [0.4, 0.5) is 10.1 Å². The molecule has 0 unspecified atom stereocenters. The van der Waals surface area contributed by atoms with Crippen molar-refractivity contribution in [2.75, 3.05) is 18.5 Å². The van der Waals surface area contributed by atoms with Crippen LogP contribution in [-0.4, -0.2) is 27.7 Å². The van der Waals surface area contributed by atoms with Gasteiger partial charge in [0.15, 0.2) is 0 Å². The lowest BCUT2D eigenvalue weighted by Crippen LogP contribution is -2.02. The molecule has 20 heavy (non-hydrogen) atoms. The first-order valence-corrected chi connectivity index (χ1v) is 6.34. The Bertz CT molecular complexity index is 722. The van der Waals surface area contributed by atoms with Crippen molar-refractivity contribution in [2.45, 2.75) is 0 Å². The van der Waals surface area contributed by atoms with E-state index in [-0.39, 0.29) is 5.75 Å². The zero-order chi connectivity index (χ0) is 13.9. The van der Waals surface area contributed by atoms with Gasteiger partial charge in [0, 0.05) is 36.3 Å². The molecule has 3 rings (SSSR count). The van der Waals surface area contributed by atoms with Crippen molar-refractivity contribution >= 4 is 11.3 Å². The lowest BCUT2D eigenvalue weighted by Gasteiger charge is -2.03. The molecule has 4 nitrogen and oxygen atoms in total. The van der Waals surface area contributed by atoms with Crippen molar-refractivity contribution in [3.05, 3.63) is 48.8 Å². The molecule has 0 fully saturated rings. The van der Waals surface area contributed by atoms with Gasteiger partial charge in [-0.15, -0.1) is 0 Å². The van der Waals surface area contributed by atoms with Gasteiger partial charge in [-0.05, 0) is 30.3 Å². The predicted molar refractivity (Wildman–Crippen MR) is 76.8 cm³/mol. The maximum atomic E-state index is 12.1. The summed E-state index contributed by atoms with van der Waals surface area (Å²) in [6, 6.07) is 10.7. The number of benzene rings is 1. The van der Waals surface area contributed by atoms with Crippen molar-refractivity contribution in [2.24, 2.45) is 0 Å². The van der Waals surface area contributed by atoms with Crippen molar-refractivity contribution in [3.63, 3.8) is 0 Å². The van der Waals surface area contributed by atoms with E-state index in [4.69, 9.17) is 0 Å². The molecule has 1 aromatic carbocycles. The number of aromatic hydroxyl groups is 1. The number of halogens is 1. The summed E-state index contributed by atoms with van der Waals surface area (Å²) < 4.78 is 14.1. The van der Waals surface area contributed by atoms with Gasteiger partial charge in [0.05, 0.1) is 5.69 Å². The maximum absolute atomic E-state index is 12.1. The quantitative estimate of drug-likeness (QED) is 0.766. The Balaban J connectivity index is 1.95. The Hall–Kier alpha value is -2.56. The molecule has 2 aromatic heterocycles. The normalized spacial score (nSPS) is 10.8. The van der Waals surface area contributed by atoms with Gasteiger partial charge in [0.25, 0.3) is 0 Å². The molecule has 0 atom stereocenters. The van der Waals surface area contributed by atoms with Crippen LogP contribution in [0.15, 0.2) is 48.8 Å². The zero-order valence-electron chi connectivity index (χ0n) is 10.8. The van der Waals surface area contributed by atoms with Crippen molar-refractivity contribution < 1.29 is 9.50 Å². The van der Waals surface area contributed by atoms with E-state index in [1.165, 1.54) is 0 Å². The Morgan fingerprint density at radius 3 is 2.75 bits per heavy atom. The lowest BCUT2D eigenvalue weighted by atomic mass is 10.2. The minimum absolute atomic E-state index is 0.232. The molecule has 102 valence electrons. The predicted octanol–water partition coefficient (Wildman–Crippen LogP) is 3.09. The second-order valence-corrected chi connectivity index (χ2v) is 4.47. The molecule has 0 amide bonds. The van der Waals surface area contributed by atoms with Crippen LogP contribution in [0, 0.1) is 0 Å². The van der Waals surface area contributed by atoms with Crippen LogP contribution in [0.5, 0.6) is 5.75 Å². The largest absolute Gasteiger partial charge is 0.508 e. The minimum atomic E-state index is -0.404. The monoisotopic (exact) mass is 271 g/mol. The van der Waals surface area contributed by atoms with E-state index in [9.17, 15) is 9.50 Å². The first kappa shape index (κ1) is 12.5. The third-order valence-electron chi connectivity index (χ3n) is 3.05. The molecular formula is C15H14FN3O. The first-order chi connectivity index (χ1) is 9.76. The highest BCUT2D eigenvalue weighted by atomic mass is 19.1. The highest BCUT2D eigenvalue weighted by Gasteiger charge is 2.05. The Morgan fingerprint density at radius 2 is 2.00 bits per heavy atom. The number of rotatable bonds is 4. The number of alkyl halides is 1. The number of fused-ring (bicyclic) bond motifs is 1. The number of hydrogen-bond acceptors (Lipinski definition) is 3. The van der Waals surface area contributed by atoms with E-state index in [0.717, 1.165) is 22.6 Å². The zero-order valence-corrected chi connectivity index (χ0v) is 10.8. The molecular weight excluding hydrogens is 257 g/mol. The van der Waals surface area contributed by atoms with Gasteiger partial charge in [-0.25, -0.2) is 9.37 Å². The summed E-state index contributed by atoms with van der Waals surface area (Å²) >= 11 is 0. The summed E-state index contributed by atoms with van der Waals surface area (Å²) in [5, 5.41) is 12.3. The molecule has 0 aliphatic heterocycles. The number of hydrogen-bond donors (Lipinski definition) is 2. The molecule has 0 saturated heterocycles. The van der Waals surface area contributed by atoms with E-state index in [1.807, 2.05) is 41.1 Å². The van der Waals surface area contributed by atoms with Crippen LogP contribution in [-0.2, 0) is 0 Å². The van der Waals surface area contributed by atoms with Crippen LogP contribution in [0.25, 0.3) is 16.9 Å². The molecule has 0 saturated carbocycles. The van der Waals surface area contributed by atoms with E-state index in [0.29, 0.717) is 6.54 Å². The number of pyridine rings is 1. The number of imidazole rings is 1. The summed E-state index contributed by atoms with van der Waals surface area (Å²) in [7, 11) is 0. The van der Waals surface area contributed by atoms with Gasteiger partial charge in [0.1, 0.15) is 18.1 Å². The van der Waals surface area contributed by atoms with Crippen LogP contribution in [0.1, 0.15) is 0 Å². The molecule has 0 bridgehead atoms. The molecule has 0 aliphatic rings. The lowest BCUT2D eigenvalue weighted by molar-refractivity contribution is 0.475. The number of phenolic OH excluding ortho intramolecular Hbond substituents is 1. The average molecular weight is 271 g/mol. The van der Waals surface area contributed by atoms with Gasteiger partial charge >= 0.3 is 0 Å². The minimum Gasteiger partial charge on any atom is -0.508 e. The van der Waals surface area contributed by atoms with E-state index in [2.05, 4.69) is 10.3 Å². The molecule has 3 aromatic rings. The number of phenols is 1. The van der Waals surface area contributed by atoms with Crippen LogP contribution < -0.4 is 5.32 Å². The Morgan fingerprint density at radius 1 is 1.20 bits per heavy atom. The van der Waals surface area contributed by atoms with Crippen molar-refractivity contribution in [1.29, 1.82) is 0 Å². The summed E-state index contributed by atoms with van der Waals surface area (Å²) in [5.74, 6) is 0.232. The summed E-state index contributed by atoms with van der Waals surface area (Å²) in [5.41, 5.74) is 3.40. The fourth-order valence-corrected chi connectivity index (χ4v) is 2.05. The Labute approximate surface area is 115 Å². The molecule has 0 spiro atoms. The van der Waals surface area contributed by atoms with E-state index < -0.39 is 6.67 Å². The van der Waals surface area contributed by atoms with Crippen molar-refractivity contribution in [1.82, 2.24) is 9.38 Å². The standard InChI is InChI=1S/C15H14FN3O/c16-6-7-17-12-5-8-19-10-14(18-15(19)9-12)11-1-3-13(20)4-2-11/h1-5,8-10,17,20H,6-7H2. The summed E-state index contributed by atoms with van der Waals surface area (Å²) in [6.45, 7) is -0.111. The first-order valence-electron chi connectivity index (χ1n) is 6.34. The maximum Gasteiger partial charge on any atom is 0.139 e. The van der Waals surface area contributed by atoms with Crippen LogP contribution in [0.2, 0.25) is 0 Å². The van der Waals surface area contributed by atoms with E-state index >= 15 is 0 Å². The van der Waals surface area contributed by atoms with Gasteiger partial charge in [-0.1, -0.05) is 0 Å². The summed E-state index contributed by atoms with van der Waals surface area (Å²) in [4.78, 5) is 4.53. The Kier molecular flexibility index (Phi) is 3.25. The third-order valence-corrected chi connectivity index (χ3v) is 3.05. The number of anilines is 1. The number of nitrogens with one attached hydrogen (secondary N) is 1. The summed E-state index contributed by atoms with van der Waals surface area (Å²) in [6.07, 6.45) is 3.80. The van der Waals surface area contributed by atoms with Gasteiger partial charge in [-0.3, -0.25) is 0 Å². The third kappa shape index (κ3) is 2.42. The topological polar surface area (TPSA) is 49.6 Å². The van der Waals surface area contributed by atoms with Gasteiger partial charge in [0.2, 0.25) is 0 Å². The molecule has 5 heteroatoms. The highest BCUT2D eigenvalue weighted by molar-refractivity contribution is 5.65. The molecule has 0 radical (unpaired) electrons. The molecule has 0 aliphatic carbocycles. The SMILES string of the molecule is Oc1ccc(-c2cn3ccc(NCCF)cc3n2)cc1. The smallest absolute Gasteiger partial charge is 0.139 e. The fourth-order valence-electron chi connectivity index (χ4n) is 2.05. The fraction of sp³-hybridized carbons (Fsp3) is 0.133. The second-order valence-electron chi connectivity index (χ2n) is 4.47. The van der Waals surface area contributed by atoms with Gasteiger partial charge < -0.3 is 14.8 Å². The molecule has 2 N–H and O–H groups in total. The van der Waals surface area contributed by atoms with Crippen LogP contribution in [0.3, 0.4) is 0 Å². The number of aromatic nitrogens is 2. The number of nitrogens with zero attached hydrogens (tertiary/aromatic N) is 2.